The number of rotatable bonds is 6. The number of benzene rings is 1. The van der Waals surface area contributed by atoms with E-state index in [1.54, 1.807) is 23.2 Å². The number of piperazine rings is 1. The first-order chi connectivity index (χ1) is 21.1. The highest BCUT2D eigenvalue weighted by atomic mass is 19.1. The summed E-state index contributed by atoms with van der Waals surface area (Å²) < 4.78 is 21.1. The van der Waals surface area contributed by atoms with Crippen LogP contribution in [0.25, 0.3) is 0 Å². The molecule has 2 saturated heterocycles. The molecule has 240 valence electrons. The number of ether oxygens (including phenoxy) is 1. The quantitative estimate of drug-likeness (QED) is 0.513. The second kappa shape index (κ2) is 12.3. The molecule has 0 radical (unpaired) electrons. The van der Waals surface area contributed by atoms with Crippen molar-refractivity contribution in [2.24, 2.45) is 5.41 Å². The van der Waals surface area contributed by atoms with Gasteiger partial charge in [-0.1, -0.05) is 26.0 Å². The molecule has 4 heterocycles. The van der Waals surface area contributed by atoms with E-state index < -0.39 is 5.60 Å². The summed E-state index contributed by atoms with van der Waals surface area (Å²) >= 11 is 0. The van der Waals surface area contributed by atoms with Crippen LogP contribution in [0.3, 0.4) is 0 Å². The molecule has 1 aromatic heterocycles. The molecular formula is C34H44FN7O3. The molecule has 3 aliphatic rings. The summed E-state index contributed by atoms with van der Waals surface area (Å²) in [6.07, 6.45) is 6.05. The number of imidazole rings is 1. The van der Waals surface area contributed by atoms with Crippen LogP contribution in [0.1, 0.15) is 58.6 Å². The maximum atomic E-state index is 14.2. The second-order valence-electron chi connectivity index (χ2n) is 14.2. The Balaban J connectivity index is 1.37. The fourth-order valence-electron chi connectivity index (χ4n) is 6.50. The molecule has 45 heavy (non-hydrogen) atoms. The van der Waals surface area contributed by atoms with Gasteiger partial charge in [0, 0.05) is 61.8 Å². The minimum absolute atomic E-state index is 0.00959. The zero-order chi connectivity index (χ0) is 32.7. The van der Waals surface area contributed by atoms with Crippen LogP contribution in [0.15, 0.2) is 54.0 Å². The maximum absolute atomic E-state index is 14.2. The van der Waals surface area contributed by atoms with Crippen molar-refractivity contribution >= 4 is 12.0 Å². The molecule has 2 fully saturated rings. The molecule has 0 bridgehead atoms. The Bertz CT molecular complexity index is 1550. The van der Waals surface area contributed by atoms with Gasteiger partial charge in [0.05, 0.1) is 12.6 Å². The van der Waals surface area contributed by atoms with Crippen LogP contribution in [0.2, 0.25) is 0 Å². The second-order valence-corrected chi connectivity index (χ2v) is 14.2. The molecule has 5 rings (SSSR count). The summed E-state index contributed by atoms with van der Waals surface area (Å²) in [6, 6.07) is 8.17. The van der Waals surface area contributed by atoms with Crippen LogP contribution in [0.4, 0.5) is 9.18 Å². The van der Waals surface area contributed by atoms with Gasteiger partial charge in [-0.3, -0.25) is 9.69 Å². The lowest BCUT2D eigenvalue weighted by Gasteiger charge is -2.45. The van der Waals surface area contributed by atoms with Crippen molar-refractivity contribution in [1.29, 1.82) is 5.26 Å². The molecule has 1 unspecified atom stereocenters. The van der Waals surface area contributed by atoms with E-state index >= 15 is 0 Å². The Labute approximate surface area is 265 Å². The molecule has 1 N–H and O–H groups in total. The van der Waals surface area contributed by atoms with Crippen LogP contribution in [0, 0.1) is 29.5 Å². The van der Waals surface area contributed by atoms with Gasteiger partial charge in [0.15, 0.2) is 5.69 Å². The fraction of sp³-hybridized carbons (Fsp3) is 0.529. The third-order valence-corrected chi connectivity index (χ3v) is 8.76. The summed E-state index contributed by atoms with van der Waals surface area (Å²) in [4.78, 5) is 37.5. The maximum Gasteiger partial charge on any atom is 0.410 e. The minimum Gasteiger partial charge on any atom is -0.444 e. The van der Waals surface area contributed by atoms with E-state index in [0.717, 1.165) is 16.8 Å². The number of halogens is 1. The van der Waals surface area contributed by atoms with Gasteiger partial charge < -0.3 is 24.4 Å². The molecule has 11 heteroatoms. The Morgan fingerprint density at radius 1 is 1.20 bits per heavy atom. The van der Waals surface area contributed by atoms with Crippen molar-refractivity contribution in [3.63, 3.8) is 0 Å². The number of hydrogen-bond acceptors (Lipinski definition) is 7. The molecule has 2 aromatic rings. The van der Waals surface area contributed by atoms with E-state index in [1.165, 1.54) is 12.1 Å². The number of nitriles is 1. The normalized spacial score (nSPS) is 23.0. The number of aryl methyl sites for hydroxylation is 1. The highest BCUT2D eigenvalue weighted by molar-refractivity contribution is 5.81. The number of nitrogens with one attached hydrogen (secondary N) is 1. The minimum atomic E-state index is -0.632. The first-order valence-corrected chi connectivity index (χ1v) is 15.5. The summed E-state index contributed by atoms with van der Waals surface area (Å²) in [5.41, 5.74) is 2.45. The van der Waals surface area contributed by atoms with Gasteiger partial charge in [-0.25, -0.2) is 14.2 Å². The standard InChI is InChI=1S/C34H44FN7O3/c1-22-16-40(28(18-39-17-27(14-36)38-23(39)2)19-41(22)32(44)45-33(3,4)5)20-30(43)42-21-34(6,7)31-29(42)13-25(15-37-31)12-24-8-10-26(35)11-9-24/h8-11,13,15,17,22,28,31,37H,12,16,18-21H2,1-7H3/t22-,28+,31?/m1/s1. The summed E-state index contributed by atoms with van der Waals surface area (Å²) in [5.74, 6) is 0.420. The van der Waals surface area contributed by atoms with E-state index in [1.807, 2.05) is 50.3 Å². The van der Waals surface area contributed by atoms with Gasteiger partial charge in [-0.05, 0) is 70.4 Å². The SMILES string of the molecule is Cc1nc(C#N)cn1C[C@H]1CN(C(=O)OC(C)(C)C)[C@H](C)CN1CC(=O)N1CC(C)(C)C2NC=C(Cc3ccc(F)cc3)C=C21. The number of allylic oxidation sites excluding steroid dienone is 2. The average Bonchev–Trinajstić information content (AvgIpc) is 3.45. The lowest BCUT2D eigenvalue weighted by molar-refractivity contribution is -0.132. The molecule has 0 aliphatic carbocycles. The monoisotopic (exact) mass is 617 g/mol. The Morgan fingerprint density at radius 2 is 1.91 bits per heavy atom. The van der Waals surface area contributed by atoms with E-state index in [9.17, 15) is 19.2 Å². The number of nitrogens with zero attached hydrogens (tertiary/aromatic N) is 6. The highest BCUT2D eigenvalue weighted by Crippen LogP contribution is 2.40. The number of aromatic nitrogens is 2. The fourth-order valence-corrected chi connectivity index (χ4v) is 6.50. The van der Waals surface area contributed by atoms with Gasteiger partial charge in [0.1, 0.15) is 23.3 Å². The number of fused-ring (bicyclic) bond motifs is 1. The van der Waals surface area contributed by atoms with Crippen LogP contribution in [-0.2, 0) is 22.5 Å². The van der Waals surface area contributed by atoms with E-state index in [2.05, 4.69) is 41.2 Å². The smallest absolute Gasteiger partial charge is 0.410 e. The third kappa shape index (κ3) is 7.22. The molecular weight excluding hydrogens is 573 g/mol. The molecule has 0 saturated carbocycles. The summed E-state index contributed by atoms with van der Waals surface area (Å²) in [5, 5.41) is 12.9. The number of carbonyl (C=O) groups is 2. The van der Waals surface area contributed by atoms with Crippen molar-refractivity contribution < 1.29 is 18.7 Å². The largest absolute Gasteiger partial charge is 0.444 e. The van der Waals surface area contributed by atoms with Gasteiger partial charge in [0.2, 0.25) is 5.91 Å². The van der Waals surface area contributed by atoms with Gasteiger partial charge >= 0.3 is 6.09 Å². The molecule has 1 aromatic carbocycles. The van der Waals surface area contributed by atoms with E-state index in [0.29, 0.717) is 44.1 Å². The molecule has 10 nitrogen and oxygen atoms in total. The summed E-state index contributed by atoms with van der Waals surface area (Å²) in [7, 11) is 0. The zero-order valence-corrected chi connectivity index (χ0v) is 27.3. The number of hydrogen-bond donors (Lipinski definition) is 1. The first-order valence-electron chi connectivity index (χ1n) is 15.5. The van der Waals surface area contributed by atoms with Crippen LogP contribution < -0.4 is 5.32 Å². The van der Waals surface area contributed by atoms with Crippen molar-refractivity contribution in [3.05, 3.63) is 76.9 Å². The van der Waals surface area contributed by atoms with Crippen LogP contribution in [-0.4, -0.2) is 86.2 Å². The molecule has 0 spiro atoms. The van der Waals surface area contributed by atoms with E-state index in [4.69, 9.17) is 4.74 Å². The molecule has 3 atom stereocenters. The van der Waals surface area contributed by atoms with Crippen molar-refractivity contribution in [1.82, 2.24) is 29.6 Å². The predicted octanol–water partition coefficient (Wildman–Crippen LogP) is 4.36. The number of amides is 2. The number of carbonyl (C=O) groups excluding carboxylic acids is 2. The average molecular weight is 618 g/mol. The Morgan fingerprint density at radius 3 is 2.56 bits per heavy atom. The molecule has 2 amide bonds. The first kappa shape index (κ1) is 32.2. The van der Waals surface area contributed by atoms with E-state index in [-0.39, 0.29) is 47.9 Å². The third-order valence-electron chi connectivity index (χ3n) is 8.76. The predicted molar refractivity (Wildman–Crippen MR) is 168 cm³/mol. The topological polar surface area (TPSA) is 107 Å². The van der Waals surface area contributed by atoms with Crippen molar-refractivity contribution in [3.8, 4) is 6.07 Å². The number of dihydropyridines is 1. The highest BCUT2D eigenvalue weighted by Gasteiger charge is 2.47. The van der Waals surface area contributed by atoms with Crippen LogP contribution >= 0.6 is 0 Å². The van der Waals surface area contributed by atoms with Crippen LogP contribution in [0.5, 0.6) is 0 Å². The molecule has 3 aliphatic heterocycles. The van der Waals surface area contributed by atoms with Crippen molar-refractivity contribution in [2.45, 2.75) is 85.2 Å². The lowest BCUT2D eigenvalue weighted by atomic mass is 9.85. The number of likely N-dealkylation sites (tertiary alicyclic amines) is 1. The van der Waals surface area contributed by atoms with Gasteiger partial charge in [-0.2, -0.15) is 5.26 Å². The van der Waals surface area contributed by atoms with Gasteiger partial charge in [-0.15, -0.1) is 0 Å². The lowest BCUT2D eigenvalue weighted by Crippen LogP contribution is -2.62. The zero-order valence-electron chi connectivity index (χ0n) is 27.3. The Hall–Kier alpha value is -4.17. The Kier molecular flexibility index (Phi) is 8.82. The van der Waals surface area contributed by atoms with Gasteiger partial charge in [0.25, 0.3) is 0 Å². The summed E-state index contributed by atoms with van der Waals surface area (Å²) in [6.45, 7) is 15.7. The van der Waals surface area contributed by atoms with Crippen molar-refractivity contribution in [2.75, 3.05) is 26.2 Å².